The predicted molar refractivity (Wildman–Crippen MR) is 116 cm³/mol. The Bertz CT molecular complexity index is 1150. The number of aromatic nitrogens is 4. The molecule has 4 aromatic rings. The van der Waals surface area contributed by atoms with Crippen LogP contribution >= 0.6 is 11.3 Å². The van der Waals surface area contributed by atoms with Crippen molar-refractivity contribution in [2.75, 3.05) is 17.7 Å². The second-order valence-electron chi connectivity index (χ2n) is 6.21. The highest BCUT2D eigenvalue weighted by molar-refractivity contribution is 7.18. The smallest absolute Gasteiger partial charge is 0.261 e. The van der Waals surface area contributed by atoms with Gasteiger partial charge in [0.15, 0.2) is 0 Å². The Hall–Kier alpha value is -3.85. The van der Waals surface area contributed by atoms with Gasteiger partial charge in [-0.3, -0.25) is 15.1 Å². The summed E-state index contributed by atoms with van der Waals surface area (Å²) < 4.78 is 5.24. The largest absolute Gasteiger partial charge is 0.497 e. The van der Waals surface area contributed by atoms with Crippen LogP contribution in [0.4, 0.5) is 10.9 Å². The van der Waals surface area contributed by atoms with E-state index in [0.29, 0.717) is 28.1 Å². The number of hydrogen-bond donors (Lipinski definition) is 2. The summed E-state index contributed by atoms with van der Waals surface area (Å²) in [6, 6.07) is 14.7. The van der Waals surface area contributed by atoms with E-state index in [4.69, 9.17) is 4.74 Å². The molecule has 4 rings (SSSR count). The molecule has 9 heteroatoms. The number of rotatable bonds is 7. The lowest BCUT2D eigenvalue weighted by atomic mass is 10.2. The number of anilines is 2. The molecule has 0 aliphatic rings. The van der Waals surface area contributed by atoms with Crippen molar-refractivity contribution in [3.63, 3.8) is 0 Å². The molecule has 1 aromatic carbocycles. The minimum absolute atomic E-state index is 0.311. The zero-order valence-electron chi connectivity index (χ0n) is 16.1. The minimum Gasteiger partial charge on any atom is -0.497 e. The highest BCUT2D eigenvalue weighted by Crippen LogP contribution is 2.29. The average Bonchev–Trinajstić information content (AvgIpc) is 3.27. The number of benzene rings is 1. The van der Waals surface area contributed by atoms with Crippen LogP contribution in [0, 0.1) is 0 Å². The van der Waals surface area contributed by atoms with Crippen molar-refractivity contribution in [1.29, 1.82) is 0 Å². The molecule has 0 atom stereocenters. The number of ether oxygens (including phenoxy) is 1. The molecule has 0 saturated carbocycles. The van der Waals surface area contributed by atoms with Crippen molar-refractivity contribution in [3.8, 4) is 16.3 Å². The van der Waals surface area contributed by atoms with E-state index in [2.05, 4.69) is 30.8 Å². The first-order chi connectivity index (χ1) is 14.7. The highest BCUT2D eigenvalue weighted by Gasteiger charge is 2.15. The number of nitrogens with one attached hydrogen (secondary N) is 2. The number of amides is 1. The molecule has 2 N–H and O–H groups in total. The first-order valence-corrected chi connectivity index (χ1v) is 9.91. The third-order valence-electron chi connectivity index (χ3n) is 4.22. The summed E-state index contributed by atoms with van der Waals surface area (Å²) in [6.07, 6.45) is 5.08. The maximum absolute atomic E-state index is 12.8. The zero-order valence-corrected chi connectivity index (χ0v) is 16.9. The standard InChI is InChI=1S/C21H18N6O2S/c1-29-16-5-2-4-15(12-16)20-26-27-21(30-20)25-19(28)17-6-3-9-23-18(17)24-13-14-7-10-22-11-8-14/h2-12H,13H2,1H3,(H,23,24)(H,25,27,28). The fourth-order valence-electron chi connectivity index (χ4n) is 2.73. The second kappa shape index (κ2) is 9.10. The lowest BCUT2D eigenvalue weighted by molar-refractivity contribution is 0.102. The Morgan fingerprint density at radius 2 is 1.93 bits per heavy atom. The summed E-state index contributed by atoms with van der Waals surface area (Å²) >= 11 is 1.29. The lowest BCUT2D eigenvalue weighted by Crippen LogP contribution is -2.15. The van der Waals surface area contributed by atoms with E-state index in [1.54, 1.807) is 37.8 Å². The molecule has 0 fully saturated rings. The van der Waals surface area contributed by atoms with Gasteiger partial charge in [0.25, 0.3) is 5.91 Å². The van der Waals surface area contributed by atoms with E-state index >= 15 is 0 Å². The maximum atomic E-state index is 12.8. The van der Waals surface area contributed by atoms with E-state index in [0.717, 1.165) is 16.9 Å². The molecule has 0 aliphatic carbocycles. The molecule has 0 spiro atoms. The van der Waals surface area contributed by atoms with Crippen LogP contribution < -0.4 is 15.4 Å². The Balaban J connectivity index is 1.47. The molecule has 3 aromatic heterocycles. The molecule has 1 amide bonds. The van der Waals surface area contributed by atoms with Gasteiger partial charge in [-0.05, 0) is 42.0 Å². The van der Waals surface area contributed by atoms with Crippen molar-refractivity contribution in [1.82, 2.24) is 20.2 Å². The summed E-state index contributed by atoms with van der Waals surface area (Å²) in [5.74, 6) is 0.909. The van der Waals surface area contributed by atoms with Gasteiger partial charge in [0.2, 0.25) is 5.13 Å². The Labute approximate surface area is 177 Å². The molecule has 0 bridgehead atoms. The Kier molecular flexibility index (Phi) is 5.90. The van der Waals surface area contributed by atoms with E-state index in [-0.39, 0.29) is 5.91 Å². The van der Waals surface area contributed by atoms with Crippen LogP contribution in [0.5, 0.6) is 5.75 Å². The molecule has 0 aliphatic heterocycles. The second-order valence-corrected chi connectivity index (χ2v) is 7.18. The van der Waals surface area contributed by atoms with Crippen LogP contribution in [0.15, 0.2) is 67.1 Å². The fourth-order valence-corrected chi connectivity index (χ4v) is 3.46. The number of methoxy groups -OCH3 is 1. The molecular weight excluding hydrogens is 400 g/mol. The van der Waals surface area contributed by atoms with Crippen LogP contribution in [0.3, 0.4) is 0 Å². The number of hydrogen-bond acceptors (Lipinski definition) is 8. The normalized spacial score (nSPS) is 10.4. The van der Waals surface area contributed by atoms with Gasteiger partial charge in [-0.1, -0.05) is 23.5 Å². The number of carbonyl (C=O) groups is 1. The highest BCUT2D eigenvalue weighted by atomic mass is 32.1. The third kappa shape index (κ3) is 4.58. The first kappa shape index (κ1) is 19.5. The van der Waals surface area contributed by atoms with Gasteiger partial charge in [0, 0.05) is 30.7 Å². The monoisotopic (exact) mass is 418 g/mol. The van der Waals surface area contributed by atoms with Gasteiger partial charge in [0.1, 0.15) is 16.6 Å². The maximum Gasteiger partial charge on any atom is 0.261 e. The van der Waals surface area contributed by atoms with Crippen LogP contribution in [0.25, 0.3) is 10.6 Å². The molecule has 0 saturated heterocycles. The van der Waals surface area contributed by atoms with Gasteiger partial charge < -0.3 is 10.1 Å². The molecule has 150 valence electrons. The minimum atomic E-state index is -0.311. The van der Waals surface area contributed by atoms with Crippen LogP contribution in [-0.2, 0) is 6.54 Å². The van der Waals surface area contributed by atoms with Crippen LogP contribution in [-0.4, -0.2) is 33.2 Å². The zero-order chi connectivity index (χ0) is 20.8. The van der Waals surface area contributed by atoms with Gasteiger partial charge >= 0.3 is 0 Å². The molecule has 0 radical (unpaired) electrons. The lowest BCUT2D eigenvalue weighted by Gasteiger charge is -2.10. The van der Waals surface area contributed by atoms with Crippen LogP contribution in [0.1, 0.15) is 15.9 Å². The van der Waals surface area contributed by atoms with E-state index in [1.165, 1.54) is 11.3 Å². The Morgan fingerprint density at radius 1 is 1.07 bits per heavy atom. The summed E-state index contributed by atoms with van der Waals surface area (Å²) in [6.45, 7) is 0.526. The summed E-state index contributed by atoms with van der Waals surface area (Å²) in [4.78, 5) is 21.1. The van der Waals surface area contributed by atoms with Crippen LogP contribution in [0.2, 0.25) is 0 Å². The van der Waals surface area contributed by atoms with Crippen molar-refractivity contribution in [2.24, 2.45) is 0 Å². The van der Waals surface area contributed by atoms with Crippen molar-refractivity contribution >= 4 is 28.2 Å². The Morgan fingerprint density at radius 3 is 2.77 bits per heavy atom. The third-order valence-corrected chi connectivity index (χ3v) is 5.11. The van der Waals surface area contributed by atoms with Crippen molar-refractivity contribution in [2.45, 2.75) is 6.54 Å². The summed E-state index contributed by atoms with van der Waals surface area (Å²) in [5.41, 5.74) is 2.33. The predicted octanol–water partition coefficient (Wildman–Crippen LogP) is 3.87. The molecule has 0 unspecified atom stereocenters. The quantitative estimate of drug-likeness (QED) is 0.470. The van der Waals surface area contributed by atoms with Gasteiger partial charge in [-0.25, -0.2) is 4.98 Å². The molecule has 3 heterocycles. The van der Waals surface area contributed by atoms with Gasteiger partial charge in [0.05, 0.1) is 12.7 Å². The molecule has 30 heavy (non-hydrogen) atoms. The van der Waals surface area contributed by atoms with Gasteiger partial charge in [-0.2, -0.15) is 0 Å². The average molecular weight is 418 g/mol. The molecule has 8 nitrogen and oxygen atoms in total. The van der Waals surface area contributed by atoms with Crippen molar-refractivity contribution < 1.29 is 9.53 Å². The van der Waals surface area contributed by atoms with E-state index in [9.17, 15) is 4.79 Å². The fraction of sp³-hybridized carbons (Fsp3) is 0.0952. The van der Waals surface area contributed by atoms with Gasteiger partial charge in [-0.15, -0.1) is 10.2 Å². The van der Waals surface area contributed by atoms with E-state index in [1.807, 2.05) is 36.4 Å². The first-order valence-electron chi connectivity index (χ1n) is 9.10. The molecular formula is C21H18N6O2S. The number of carbonyl (C=O) groups excluding carboxylic acids is 1. The summed E-state index contributed by atoms with van der Waals surface area (Å²) in [5, 5.41) is 15.3. The number of pyridine rings is 2. The SMILES string of the molecule is COc1cccc(-c2nnc(NC(=O)c3cccnc3NCc3ccncc3)s2)c1. The van der Waals surface area contributed by atoms with Crippen molar-refractivity contribution in [3.05, 3.63) is 78.2 Å². The number of nitrogens with zero attached hydrogens (tertiary/aromatic N) is 4. The summed E-state index contributed by atoms with van der Waals surface area (Å²) in [7, 11) is 1.61. The van der Waals surface area contributed by atoms with E-state index < -0.39 is 0 Å². The topological polar surface area (TPSA) is 102 Å².